The van der Waals surface area contributed by atoms with E-state index in [2.05, 4.69) is 52.2 Å². The maximum absolute atomic E-state index is 15.3. The highest BCUT2D eigenvalue weighted by Crippen LogP contribution is 2.26. The summed E-state index contributed by atoms with van der Waals surface area (Å²) in [6, 6.07) is 10.7. The maximum Gasteiger partial charge on any atom is 0.326 e. The molecule has 0 aliphatic carbocycles. The minimum Gasteiger partial charge on any atom is -0.480 e. The highest BCUT2D eigenvalue weighted by molar-refractivity contribution is 6.00. The van der Waals surface area contributed by atoms with E-state index in [1.54, 1.807) is 48.8 Å². The molecule has 0 radical (unpaired) electrons. The molecule has 536 valence electrons. The summed E-state index contributed by atoms with van der Waals surface area (Å²) in [6.45, 7) is 8.24. The van der Waals surface area contributed by atoms with E-state index >= 15 is 14.4 Å². The van der Waals surface area contributed by atoms with Gasteiger partial charge in [0.15, 0.2) is 5.96 Å². The SMILES string of the molecule is CC(C)C[C@H](NC(=O)[C@H](CC(C)C)NC(=O)[C@@H](Cc1c[nH]c2ccccc12)NC(=O)[C@H](Cc1ccccc1)NC(=O)[C@@H](Cc1c[nH]c2ccccc12)NC(=O)[C@H](CCC(N)=O)NC(=O)[C@@H]1CCCN1C(=O)[C@H](CCCCN)NC(=O)[C@@H]1CCCN1C(=O)[C@H](N)CCCN=C(N)N)C(=O)O. The summed E-state index contributed by atoms with van der Waals surface area (Å²) in [7, 11) is 0. The minimum atomic E-state index is -1.54. The second kappa shape index (κ2) is 37.2. The van der Waals surface area contributed by atoms with Crippen LogP contribution in [0.15, 0.2) is 96.2 Å². The van der Waals surface area contributed by atoms with Gasteiger partial charge in [-0.25, -0.2) is 4.79 Å². The molecule has 29 nitrogen and oxygen atoms in total. The normalized spacial score (nSPS) is 16.9. The average Bonchev–Trinajstić information content (AvgIpc) is 1.77. The quantitative estimate of drug-likeness (QED) is 0.0149. The standard InChI is InChI=1S/C70H99N17O12/c1-40(2)33-52(61(90)85-56(69(98)99)34-41(3)4)81-63(92)55(37-44-39-78-49-23-11-9-20-46(44)49)84-62(91)53(35-42-17-6-5-7-18-42)82-64(93)54(36-43-38-77-48-22-10-8-19-45(43)48)83-60(89)50(27-28-59(73)88)79-65(94)58-26-16-32-87(58)68(97)51(24-12-13-29-71)80-66(95)57-25-15-31-86(57)67(96)47(72)21-14-30-76-70(74)75/h5-11,17-20,22-23,38-41,47,50-58,77-78H,12-16,21,24-37,71-72H2,1-4H3,(H2,73,88)(H,79,94)(H,80,95)(H,81,92)(H,82,93)(H,83,89)(H,84,91)(H,85,90)(H,98,99)(H4,74,75,76)/t47-,50+,51+,52+,53+,54-,55-,56+,57+,58+/m1/s1. The van der Waals surface area contributed by atoms with Crippen molar-refractivity contribution in [2.24, 2.45) is 45.5 Å². The van der Waals surface area contributed by atoms with Gasteiger partial charge in [-0.1, -0.05) is 94.4 Å². The zero-order valence-electron chi connectivity index (χ0n) is 56.9. The molecule has 2 aliphatic heterocycles. The van der Waals surface area contributed by atoms with Crippen LogP contribution in [0.3, 0.4) is 0 Å². The molecule has 3 aromatic carbocycles. The molecule has 0 saturated carbocycles. The number of carboxylic acids is 1. The third kappa shape index (κ3) is 22.3. The third-order valence-corrected chi connectivity index (χ3v) is 17.9. The van der Waals surface area contributed by atoms with E-state index in [-0.39, 0.29) is 95.2 Å². The number of amides is 10. The number of unbranched alkanes of at least 4 members (excludes halogenated alkanes) is 1. The number of likely N-dealkylation sites (tertiary alicyclic amines) is 2. The van der Waals surface area contributed by atoms with Crippen LogP contribution in [0.25, 0.3) is 21.8 Å². The van der Waals surface area contributed by atoms with Gasteiger partial charge in [-0.2, -0.15) is 0 Å². The molecule has 4 heterocycles. The summed E-state index contributed by atoms with van der Waals surface area (Å²) in [4.78, 5) is 170. The molecule has 2 aromatic heterocycles. The number of benzene rings is 3. The number of nitrogens with two attached hydrogens (primary N) is 5. The van der Waals surface area contributed by atoms with Gasteiger partial charge in [-0.15, -0.1) is 0 Å². The molecule has 99 heavy (non-hydrogen) atoms. The van der Waals surface area contributed by atoms with Crippen LogP contribution in [0, 0.1) is 11.8 Å². The van der Waals surface area contributed by atoms with Gasteiger partial charge in [0.2, 0.25) is 59.1 Å². The van der Waals surface area contributed by atoms with Crippen LogP contribution in [-0.4, -0.2) is 182 Å². The van der Waals surface area contributed by atoms with Crippen molar-refractivity contribution in [1.82, 2.24) is 57.0 Å². The van der Waals surface area contributed by atoms with E-state index in [1.807, 2.05) is 70.2 Å². The lowest BCUT2D eigenvalue weighted by Crippen LogP contribution is -2.61. The average molecular weight is 1370 g/mol. The van der Waals surface area contributed by atoms with Crippen LogP contribution in [0.2, 0.25) is 0 Å². The van der Waals surface area contributed by atoms with E-state index < -0.39 is 132 Å². The number of aromatic amines is 2. The summed E-state index contributed by atoms with van der Waals surface area (Å²) in [5, 5.41) is 31.0. The first-order chi connectivity index (χ1) is 47.3. The van der Waals surface area contributed by atoms with Gasteiger partial charge in [-0.3, -0.25) is 52.9 Å². The number of carboxylic acid groups (broad SMARTS) is 1. The van der Waals surface area contributed by atoms with E-state index in [9.17, 15) is 43.5 Å². The van der Waals surface area contributed by atoms with Gasteiger partial charge >= 0.3 is 5.97 Å². The smallest absolute Gasteiger partial charge is 0.326 e. The molecule has 2 aliphatic rings. The number of carbonyl (C=O) groups is 11. The van der Waals surface area contributed by atoms with Gasteiger partial charge in [0.05, 0.1) is 6.04 Å². The van der Waals surface area contributed by atoms with Crippen molar-refractivity contribution in [3.8, 4) is 0 Å². The zero-order valence-corrected chi connectivity index (χ0v) is 56.9. The second-order valence-corrected chi connectivity index (χ2v) is 26.6. The summed E-state index contributed by atoms with van der Waals surface area (Å²) < 4.78 is 0. The van der Waals surface area contributed by atoms with Gasteiger partial charge in [0.1, 0.15) is 54.4 Å². The number of rotatable bonds is 38. The Morgan fingerprint density at radius 3 is 1.48 bits per heavy atom. The number of hydrogen-bond acceptors (Lipinski definition) is 14. The first-order valence-electron chi connectivity index (χ1n) is 34.2. The Hall–Kier alpha value is -9.90. The number of nitrogens with one attached hydrogen (secondary N) is 9. The Balaban J connectivity index is 1.15. The van der Waals surface area contributed by atoms with Crippen molar-refractivity contribution in [3.05, 3.63) is 108 Å². The number of hydrogen-bond donors (Lipinski definition) is 15. The zero-order chi connectivity index (χ0) is 71.9. The van der Waals surface area contributed by atoms with E-state index in [1.165, 1.54) is 9.80 Å². The van der Waals surface area contributed by atoms with Crippen molar-refractivity contribution in [1.29, 1.82) is 0 Å². The van der Waals surface area contributed by atoms with Gasteiger partial charge < -0.3 is 90.8 Å². The number of aliphatic imine (C=N–C) groups is 1. The Bertz CT molecular complexity index is 3650. The Morgan fingerprint density at radius 1 is 0.525 bits per heavy atom. The van der Waals surface area contributed by atoms with Crippen molar-refractivity contribution < 1.29 is 57.8 Å². The minimum absolute atomic E-state index is 0.0922. The molecule has 29 heteroatoms. The molecular formula is C70H99N17O12. The van der Waals surface area contributed by atoms with Gasteiger partial charge in [-0.05, 0) is 124 Å². The molecule has 0 bridgehead atoms. The van der Waals surface area contributed by atoms with E-state index in [4.69, 9.17) is 28.7 Å². The Morgan fingerprint density at radius 2 is 0.980 bits per heavy atom. The summed E-state index contributed by atoms with van der Waals surface area (Å²) in [6.07, 6.45) is 5.49. The number of primary amides is 1. The summed E-state index contributed by atoms with van der Waals surface area (Å²) in [5.74, 6) is -8.88. The highest BCUT2D eigenvalue weighted by Gasteiger charge is 2.43. The number of fused-ring (bicyclic) bond motifs is 2. The molecule has 2 fully saturated rings. The first kappa shape index (κ1) is 76.5. The molecular weight excluding hydrogens is 1270 g/mol. The molecule has 20 N–H and O–H groups in total. The number of para-hydroxylation sites is 2. The van der Waals surface area contributed by atoms with E-state index in [0.717, 1.165) is 10.9 Å². The van der Waals surface area contributed by atoms with Crippen LogP contribution < -0.4 is 65.9 Å². The van der Waals surface area contributed by atoms with Crippen LogP contribution in [0.4, 0.5) is 0 Å². The lowest BCUT2D eigenvalue weighted by Gasteiger charge is -2.32. The van der Waals surface area contributed by atoms with Crippen molar-refractivity contribution in [2.75, 3.05) is 26.2 Å². The van der Waals surface area contributed by atoms with Crippen LogP contribution in [-0.2, 0) is 72.0 Å². The van der Waals surface area contributed by atoms with E-state index in [0.29, 0.717) is 72.7 Å². The molecule has 2 saturated heterocycles. The van der Waals surface area contributed by atoms with Crippen molar-refractivity contribution in [3.63, 3.8) is 0 Å². The number of guanidine groups is 1. The Kier molecular flexibility index (Phi) is 28.7. The highest BCUT2D eigenvalue weighted by atomic mass is 16.4. The summed E-state index contributed by atoms with van der Waals surface area (Å²) in [5.41, 5.74) is 31.9. The predicted octanol–water partition coefficient (Wildman–Crippen LogP) is 1.00. The molecule has 0 spiro atoms. The van der Waals surface area contributed by atoms with Crippen molar-refractivity contribution >= 4 is 92.8 Å². The van der Waals surface area contributed by atoms with Crippen LogP contribution in [0.1, 0.15) is 128 Å². The molecule has 7 rings (SSSR count). The number of aromatic nitrogens is 2. The lowest BCUT2D eigenvalue weighted by molar-refractivity contribution is -0.144. The summed E-state index contributed by atoms with van der Waals surface area (Å²) >= 11 is 0. The maximum atomic E-state index is 15.3. The number of H-pyrrole nitrogens is 2. The number of aliphatic carboxylic acids is 1. The fraction of sp³-hybridized carbons (Fsp3) is 0.514. The third-order valence-electron chi connectivity index (χ3n) is 17.9. The topological polar surface area (TPSA) is 473 Å². The molecule has 5 aromatic rings. The number of carbonyl (C=O) groups excluding carboxylic acids is 10. The van der Waals surface area contributed by atoms with Gasteiger partial charge in [0, 0.05) is 79.5 Å². The second-order valence-electron chi connectivity index (χ2n) is 26.6. The Labute approximate surface area is 575 Å². The van der Waals surface area contributed by atoms with Crippen LogP contribution in [0.5, 0.6) is 0 Å². The van der Waals surface area contributed by atoms with Gasteiger partial charge in [0.25, 0.3) is 0 Å². The predicted molar refractivity (Wildman–Crippen MR) is 373 cm³/mol. The lowest BCUT2D eigenvalue weighted by atomic mass is 9.98. The van der Waals surface area contributed by atoms with Crippen molar-refractivity contribution in [2.45, 2.75) is 191 Å². The monoisotopic (exact) mass is 1370 g/mol. The van der Waals surface area contributed by atoms with Crippen LogP contribution >= 0.6 is 0 Å². The first-order valence-corrected chi connectivity index (χ1v) is 34.2. The molecule has 10 atom stereocenters. The number of nitrogens with zero attached hydrogens (tertiary/aromatic N) is 3. The fourth-order valence-corrected chi connectivity index (χ4v) is 12.8. The fourth-order valence-electron chi connectivity index (χ4n) is 12.8. The molecule has 10 amide bonds. The largest absolute Gasteiger partial charge is 0.480 e. The molecule has 0 unspecified atom stereocenters.